The second-order valence-corrected chi connectivity index (χ2v) is 10.2. The Labute approximate surface area is 229 Å². The molecule has 0 spiro atoms. The van der Waals surface area contributed by atoms with E-state index in [1.807, 2.05) is 91.9 Å². The van der Waals surface area contributed by atoms with Gasteiger partial charge in [-0.1, -0.05) is 66.7 Å². The lowest BCUT2D eigenvalue weighted by Crippen LogP contribution is -2.47. The monoisotopic (exact) mass is 529 g/mol. The van der Waals surface area contributed by atoms with Crippen LogP contribution in [-0.4, -0.2) is 55.0 Å². The molecule has 2 aliphatic heterocycles. The van der Waals surface area contributed by atoms with Crippen LogP contribution >= 0.6 is 0 Å². The molecule has 0 aromatic heterocycles. The van der Waals surface area contributed by atoms with E-state index < -0.39 is 17.9 Å². The molecule has 2 saturated heterocycles. The summed E-state index contributed by atoms with van der Waals surface area (Å²) in [6.45, 7) is 4.56. The van der Waals surface area contributed by atoms with Gasteiger partial charge in [0.2, 0.25) is 5.91 Å². The number of hydrogen-bond acceptors (Lipinski definition) is 6. The number of hydrogen-bond donors (Lipinski definition) is 1. The molecule has 1 unspecified atom stereocenters. The molecule has 0 aliphatic carbocycles. The largest absolute Gasteiger partial charge is 0.443 e. The fraction of sp³-hybridized carbons (Fsp3) is 0.355. The quantitative estimate of drug-likeness (QED) is 0.368. The van der Waals surface area contributed by atoms with Crippen molar-refractivity contribution < 1.29 is 24.1 Å². The lowest BCUT2D eigenvalue weighted by Gasteiger charge is -2.39. The van der Waals surface area contributed by atoms with Crippen LogP contribution in [0.4, 0.5) is 16.2 Å². The van der Waals surface area contributed by atoms with Crippen LogP contribution in [0.25, 0.3) is 11.1 Å². The maximum atomic E-state index is 13.2. The van der Waals surface area contributed by atoms with Crippen LogP contribution in [0, 0.1) is 0 Å². The van der Waals surface area contributed by atoms with Crippen LogP contribution in [0.3, 0.4) is 0 Å². The van der Waals surface area contributed by atoms with Crippen LogP contribution in [0.2, 0.25) is 0 Å². The summed E-state index contributed by atoms with van der Waals surface area (Å²) in [4.78, 5) is 40.5. The van der Waals surface area contributed by atoms with Gasteiger partial charge in [-0.25, -0.2) is 14.6 Å². The van der Waals surface area contributed by atoms with Crippen molar-refractivity contribution in [3.05, 3.63) is 84.9 Å². The fourth-order valence-corrected chi connectivity index (χ4v) is 5.10. The average Bonchev–Trinajstić information content (AvgIpc) is 3.48. The molecule has 2 amide bonds. The number of amides is 2. The number of carbonyl (C=O) groups excluding carboxylic acids is 2. The number of rotatable bonds is 8. The van der Waals surface area contributed by atoms with E-state index in [-0.39, 0.29) is 5.91 Å². The molecule has 0 saturated carbocycles. The number of anilines is 2. The molecular formula is C31H35N3O5. The summed E-state index contributed by atoms with van der Waals surface area (Å²) >= 11 is 0. The minimum Gasteiger partial charge on any atom is -0.443 e. The van der Waals surface area contributed by atoms with Gasteiger partial charge in [0, 0.05) is 43.7 Å². The third-order valence-corrected chi connectivity index (χ3v) is 7.36. The number of nitrogens with zero attached hydrogens (tertiary/aromatic N) is 2. The van der Waals surface area contributed by atoms with Crippen molar-refractivity contribution in [2.45, 2.75) is 44.4 Å². The summed E-state index contributed by atoms with van der Waals surface area (Å²) in [5.74, 6) is -0.00209. The number of carbonyl (C=O) groups is 2. The summed E-state index contributed by atoms with van der Waals surface area (Å²) in [6, 6.07) is 27.2. The van der Waals surface area contributed by atoms with Gasteiger partial charge >= 0.3 is 6.09 Å². The van der Waals surface area contributed by atoms with E-state index in [0.717, 1.165) is 29.9 Å². The van der Waals surface area contributed by atoms with Crippen LogP contribution in [0.5, 0.6) is 0 Å². The first-order chi connectivity index (χ1) is 19.0. The molecular weight excluding hydrogens is 494 g/mol. The highest BCUT2D eigenvalue weighted by atomic mass is 17.2. The highest BCUT2D eigenvalue weighted by Gasteiger charge is 2.35. The number of para-hydroxylation sites is 2. The van der Waals surface area contributed by atoms with E-state index in [9.17, 15) is 9.59 Å². The highest BCUT2D eigenvalue weighted by Crippen LogP contribution is 2.30. The zero-order valence-corrected chi connectivity index (χ0v) is 22.3. The lowest BCUT2D eigenvalue weighted by molar-refractivity contribution is -0.273. The first-order valence-corrected chi connectivity index (χ1v) is 13.5. The first-order valence-electron chi connectivity index (χ1n) is 13.5. The zero-order valence-electron chi connectivity index (χ0n) is 22.3. The molecule has 5 rings (SSSR count). The Morgan fingerprint density at radius 1 is 0.974 bits per heavy atom. The van der Waals surface area contributed by atoms with Crippen molar-refractivity contribution in [2.75, 3.05) is 36.5 Å². The molecule has 8 nitrogen and oxygen atoms in total. The Hall–Kier alpha value is -3.72. The summed E-state index contributed by atoms with van der Waals surface area (Å²) in [5, 5.41) is 2.94. The van der Waals surface area contributed by atoms with E-state index in [4.69, 9.17) is 14.5 Å². The number of benzene rings is 3. The van der Waals surface area contributed by atoms with Gasteiger partial charge in [0.15, 0.2) is 6.23 Å². The maximum absolute atomic E-state index is 13.2. The fourth-order valence-electron chi connectivity index (χ4n) is 5.10. The van der Waals surface area contributed by atoms with E-state index in [0.29, 0.717) is 44.5 Å². The molecule has 39 heavy (non-hydrogen) atoms. The topological polar surface area (TPSA) is 80.3 Å². The second kappa shape index (κ2) is 12.4. The van der Waals surface area contributed by atoms with Crippen molar-refractivity contribution in [3.63, 3.8) is 0 Å². The van der Waals surface area contributed by atoms with Gasteiger partial charge in [0.05, 0.1) is 12.3 Å². The molecule has 0 radical (unpaired) electrons. The predicted octanol–water partition coefficient (Wildman–Crippen LogP) is 5.86. The van der Waals surface area contributed by atoms with Gasteiger partial charge in [0.1, 0.15) is 5.60 Å². The molecule has 2 fully saturated rings. The summed E-state index contributed by atoms with van der Waals surface area (Å²) in [7, 11) is 0. The molecule has 2 heterocycles. The minimum atomic E-state index is -0.572. The van der Waals surface area contributed by atoms with Crippen molar-refractivity contribution in [1.29, 1.82) is 0 Å². The molecule has 3 aromatic rings. The van der Waals surface area contributed by atoms with Gasteiger partial charge in [0.25, 0.3) is 0 Å². The first kappa shape index (κ1) is 26.9. The molecule has 1 atom stereocenters. The SMILES string of the molecule is CC1(OC(=O)Nc2ccccc2-c2ccccc2)CCN(CCC(=O)N(c2ccccc2)C2CCOO2)CC1. The molecule has 8 heteroatoms. The Balaban J connectivity index is 1.12. The van der Waals surface area contributed by atoms with E-state index >= 15 is 0 Å². The molecule has 1 N–H and O–H groups in total. The predicted molar refractivity (Wildman–Crippen MR) is 150 cm³/mol. The Bertz CT molecular complexity index is 1240. The molecule has 0 bridgehead atoms. The summed E-state index contributed by atoms with van der Waals surface area (Å²) in [6.07, 6.45) is 1.51. The third kappa shape index (κ3) is 6.84. The van der Waals surface area contributed by atoms with Crippen molar-refractivity contribution in [2.24, 2.45) is 0 Å². The number of piperidine rings is 1. The van der Waals surface area contributed by atoms with Crippen LogP contribution in [0.1, 0.15) is 32.6 Å². The number of likely N-dealkylation sites (tertiary alicyclic amines) is 1. The Kier molecular flexibility index (Phi) is 8.56. The smallest absolute Gasteiger partial charge is 0.412 e. The Morgan fingerprint density at radius 2 is 1.64 bits per heavy atom. The number of nitrogens with one attached hydrogen (secondary N) is 1. The van der Waals surface area contributed by atoms with E-state index in [1.165, 1.54) is 0 Å². The molecule has 204 valence electrons. The summed E-state index contributed by atoms with van der Waals surface area (Å²) < 4.78 is 5.93. The normalized spacial score (nSPS) is 18.8. The van der Waals surface area contributed by atoms with Crippen molar-refractivity contribution in [3.8, 4) is 11.1 Å². The zero-order chi connectivity index (χ0) is 27.1. The Morgan fingerprint density at radius 3 is 2.33 bits per heavy atom. The maximum Gasteiger partial charge on any atom is 0.412 e. The second-order valence-electron chi connectivity index (χ2n) is 10.2. The lowest BCUT2D eigenvalue weighted by atomic mass is 9.93. The van der Waals surface area contributed by atoms with E-state index in [1.54, 1.807) is 4.90 Å². The molecule has 2 aliphatic rings. The van der Waals surface area contributed by atoms with Gasteiger partial charge in [-0.2, -0.15) is 0 Å². The van der Waals surface area contributed by atoms with Crippen LogP contribution < -0.4 is 10.2 Å². The van der Waals surface area contributed by atoms with Gasteiger partial charge in [-0.3, -0.25) is 15.0 Å². The third-order valence-electron chi connectivity index (χ3n) is 7.36. The van der Waals surface area contributed by atoms with Crippen molar-refractivity contribution >= 4 is 23.4 Å². The highest BCUT2D eigenvalue weighted by molar-refractivity contribution is 5.94. The molecule has 3 aromatic carbocycles. The minimum absolute atomic E-state index is 0.00209. The van der Waals surface area contributed by atoms with Crippen LogP contribution in [0.15, 0.2) is 84.9 Å². The standard InChI is InChI=1S/C31H35N3O5/c1-31(38-30(36)32-27-15-9-8-14-26(27)24-10-4-2-5-11-24)18-21-33(22-19-31)20-16-28(35)34(29-17-23-37-39-29)25-12-6-3-7-13-25/h2-15,29H,16-23H2,1H3,(H,32,36). The van der Waals surface area contributed by atoms with Crippen molar-refractivity contribution in [1.82, 2.24) is 4.90 Å². The van der Waals surface area contributed by atoms with E-state index in [2.05, 4.69) is 10.2 Å². The van der Waals surface area contributed by atoms with Gasteiger partial charge in [-0.15, -0.1) is 0 Å². The summed E-state index contributed by atoms with van der Waals surface area (Å²) in [5.41, 5.74) is 2.92. The van der Waals surface area contributed by atoms with Gasteiger partial charge < -0.3 is 9.64 Å². The van der Waals surface area contributed by atoms with Crippen LogP contribution in [-0.2, 0) is 19.3 Å². The number of ether oxygens (including phenoxy) is 1. The van der Waals surface area contributed by atoms with Gasteiger partial charge in [-0.05, 0) is 43.5 Å². The average molecular weight is 530 g/mol.